The van der Waals surface area contributed by atoms with Crippen molar-refractivity contribution in [2.24, 2.45) is 0 Å². The van der Waals surface area contributed by atoms with Crippen LogP contribution in [0.15, 0.2) is 66.9 Å². The van der Waals surface area contributed by atoms with E-state index in [1.165, 1.54) is 0 Å². The molecule has 2 N–H and O–H groups in total. The number of nitrogens with zero attached hydrogens (tertiary/aromatic N) is 4. The third-order valence-electron chi connectivity index (χ3n) is 4.38. The number of hydrogen-bond donors (Lipinski definition) is 2. The van der Waals surface area contributed by atoms with Gasteiger partial charge in [0.25, 0.3) is 0 Å². The van der Waals surface area contributed by atoms with Gasteiger partial charge in [-0.1, -0.05) is 48.5 Å². The van der Waals surface area contributed by atoms with Gasteiger partial charge in [0.15, 0.2) is 5.65 Å². The van der Waals surface area contributed by atoms with E-state index in [2.05, 4.69) is 20.4 Å². The van der Waals surface area contributed by atoms with Crippen molar-refractivity contribution in [1.29, 1.82) is 0 Å². The largest absolute Gasteiger partial charge is 0.386 e. The number of anilines is 1. The molecule has 2 atom stereocenters. The Morgan fingerprint density at radius 2 is 1.67 bits per heavy atom. The summed E-state index contributed by atoms with van der Waals surface area (Å²) in [6.45, 7) is 1.89. The van der Waals surface area contributed by atoms with Crippen LogP contribution in [-0.2, 0) is 0 Å². The summed E-state index contributed by atoms with van der Waals surface area (Å²) in [5.41, 5.74) is 2.31. The number of hydrogen-bond acceptors (Lipinski definition) is 5. The average molecular weight is 380 g/mol. The van der Waals surface area contributed by atoms with Gasteiger partial charge >= 0.3 is 0 Å². The number of rotatable bonds is 5. The van der Waals surface area contributed by atoms with Crippen LogP contribution in [0.1, 0.15) is 18.6 Å². The Kier molecular flexibility index (Phi) is 4.75. The number of halogens is 1. The van der Waals surface area contributed by atoms with Gasteiger partial charge in [0.05, 0.1) is 29.4 Å². The Labute approximate surface area is 161 Å². The van der Waals surface area contributed by atoms with Crippen molar-refractivity contribution in [1.82, 2.24) is 19.7 Å². The molecule has 136 valence electrons. The van der Waals surface area contributed by atoms with E-state index in [0.717, 1.165) is 16.6 Å². The second-order valence-corrected chi connectivity index (χ2v) is 6.60. The summed E-state index contributed by atoms with van der Waals surface area (Å²) in [5.74, 6) is 0.537. The number of aliphatic hydroxyl groups is 1. The lowest BCUT2D eigenvalue weighted by Crippen LogP contribution is -2.24. The lowest BCUT2D eigenvalue weighted by molar-refractivity contribution is 0.160. The van der Waals surface area contributed by atoms with E-state index in [1.807, 2.05) is 67.6 Å². The highest BCUT2D eigenvalue weighted by Gasteiger charge is 2.20. The molecule has 0 bridgehead atoms. The van der Waals surface area contributed by atoms with Crippen LogP contribution >= 0.6 is 11.6 Å². The van der Waals surface area contributed by atoms with Crippen LogP contribution < -0.4 is 5.32 Å². The molecule has 2 aromatic carbocycles. The van der Waals surface area contributed by atoms with Crippen molar-refractivity contribution in [2.45, 2.75) is 19.1 Å². The van der Waals surface area contributed by atoms with E-state index in [9.17, 15) is 5.11 Å². The first-order chi connectivity index (χ1) is 13.1. The molecule has 0 aliphatic heterocycles. The van der Waals surface area contributed by atoms with E-state index in [4.69, 9.17) is 11.6 Å². The fourth-order valence-electron chi connectivity index (χ4n) is 2.98. The van der Waals surface area contributed by atoms with E-state index in [1.54, 1.807) is 10.9 Å². The Bertz CT molecular complexity index is 1050. The maximum absolute atomic E-state index is 10.6. The SMILES string of the molecule is C[C@H](Nc1nc(Cl)nc2c1cnn2-c1ccccc1)[C@@H](O)c1ccccc1. The van der Waals surface area contributed by atoms with Crippen molar-refractivity contribution >= 4 is 28.5 Å². The Hall–Kier alpha value is -2.96. The molecule has 4 aromatic rings. The van der Waals surface area contributed by atoms with Crippen molar-refractivity contribution < 1.29 is 5.11 Å². The van der Waals surface area contributed by atoms with Crippen LogP contribution in [0.4, 0.5) is 5.82 Å². The molecule has 6 nitrogen and oxygen atoms in total. The Balaban J connectivity index is 1.69. The zero-order valence-corrected chi connectivity index (χ0v) is 15.4. The lowest BCUT2D eigenvalue weighted by atomic mass is 10.0. The van der Waals surface area contributed by atoms with Gasteiger partial charge in [-0.15, -0.1) is 0 Å². The number of benzene rings is 2. The lowest BCUT2D eigenvalue weighted by Gasteiger charge is -2.21. The Morgan fingerprint density at radius 3 is 2.37 bits per heavy atom. The molecule has 0 fully saturated rings. The molecular formula is C20H18ClN5O. The van der Waals surface area contributed by atoms with Gasteiger partial charge < -0.3 is 10.4 Å². The summed E-state index contributed by atoms with van der Waals surface area (Å²) in [6.07, 6.45) is 1.00. The van der Waals surface area contributed by atoms with E-state index in [-0.39, 0.29) is 11.3 Å². The third-order valence-corrected chi connectivity index (χ3v) is 4.55. The highest BCUT2D eigenvalue weighted by Crippen LogP contribution is 2.27. The molecule has 0 aliphatic carbocycles. The van der Waals surface area contributed by atoms with Crippen LogP contribution in [0.2, 0.25) is 5.28 Å². The van der Waals surface area contributed by atoms with Crippen LogP contribution in [-0.4, -0.2) is 30.9 Å². The number of aliphatic hydroxyl groups excluding tert-OH is 1. The smallest absolute Gasteiger partial charge is 0.226 e. The van der Waals surface area contributed by atoms with E-state index < -0.39 is 6.10 Å². The summed E-state index contributed by atoms with van der Waals surface area (Å²) < 4.78 is 1.71. The summed E-state index contributed by atoms with van der Waals surface area (Å²) in [4.78, 5) is 8.64. The molecule has 2 heterocycles. The zero-order chi connectivity index (χ0) is 18.8. The first-order valence-corrected chi connectivity index (χ1v) is 8.97. The van der Waals surface area contributed by atoms with Crippen molar-refractivity contribution in [2.75, 3.05) is 5.32 Å². The zero-order valence-electron chi connectivity index (χ0n) is 14.6. The molecule has 0 aliphatic rings. The molecule has 0 amide bonds. The minimum absolute atomic E-state index is 0.115. The summed E-state index contributed by atoms with van der Waals surface area (Å²) in [6, 6.07) is 18.9. The second kappa shape index (κ2) is 7.34. The van der Waals surface area contributed by atoms with Crippen LogP contribution in [0.3, 0.4) is 0 Å². The quantitative estimate of drug-likeness (QED) is 0.512. The highest BCUT2D eigenvalue weighted by molar-refractivity contribution is 6.28. The van der Waals surface area contributed by atoms with Gasteiger partial charge in [-0.05, 0) is 36.2 Å². The minimum atomic E-state index is -0.695. The Morgan fingerprint density at radius 1 is 1.00 bits per heavy atom. The van der Waals surface area contributed by atoms with E-state index >= 15 is 0 Å². The maximum Gasteiger partial charge on any atom is 0.226 e. The highest BCUT2D eigenvalue weighted by atomic mass is 35.5. The molecule has 0 radical (unpaired) electrons. The van der Waals surface area contributed by atoms with Gasteiger partial charge in [0.1, 0.15) is 5.82 Å². The van der Waals surface area contributed by atoms with Gasteiger partial charge in [-0.2, -0.15) is 15.1 Å². The number of nitrogens with one attached hydrogen (secondary N) is 1. The molecular weight excluding hydrogens is 362 g/mol. The van der Waals surface area contributed by atoms with E-state index in [0.29, 0.717) is 11.5 Å². The molecule has 27 heavy (non-hydrogen) atoms. The topological polar surface area (TPSA) is 75.9 Å². The first-order valence-electron chi connectivity index (χ1n) is 8.60. The summed E-state index contributed by atoms with van der Waals surface area (Å²) in [7, 11) is 0. The molecule has 7 heteroatoms. The van der Waals surface area contributed by atoms with Crippen molar-refractivity contribution in [3.8, 4) is 5.69 Å². The molecule has 4 rings (SSSR count). The van der Waals surface area contributed by atoms with Crippen LogP contribution in [0.25, 0.3) is 16.7 Å². The second-order valence-electron chi connectivity index (χ2n) is 6.26. The fourth-order valence-corrected chi connectivity index (χ4v) is 3.15. The molecule has 0 saturated carbocycles. The summed E-state index contributed by atoms with van der Waals surface area (Å²) >= 11 is 6.15. The van der Waals surface area contributed by atoms with Crippen molar-refractivity contribution in [3.05, 3.63) is 77.7 Å². The molecule has 2 aromatic heterocycles. The predicted molar refractivity (Wildman–Crippen MR) is 106 cm³/mol. The average Bonchev–Trinajstić information content (AvgIpc) is 3.12. The van der Waals surface area contributed by atoms with Crippen LogP contribution in [0.5, 0.6) is 0 Å². The predicted octanol–water partition coefficient (Wildman–Crippen LogP) is 4.00. The first kappa shape index (κ1) is 17.5. The summed E-state index contributed by atoms with van der Waals surface area (Å²) in [5, 5.41) is 19.1. The molecule has 0 unspecified atom stereocenters. The molecule has 0 spiro atoms. The number of para-hydroxylation sites is 1. The van der Waals surface area contributed by atoms with Gasteiger partial charge in [0, 0.05) is 0 Å². The maximum atomic E-state index is 10.6. The van der Waals surface area contributed by atoms with Crippen molar-refractivity contribution in [3.63, 3.8) is 0 Å². The number of aromatic nitrogens is 4. The minimum Gasteiger partial charge on any atom is -0.386 e. The third kappa shape index (κ3) is 3.49. The standard InChI is InChI=1S/C20H18ClN5O/c1-13(17(27)14-8-4-2-5-9-14)23-18-16-12-22-26(15-10-6-3-7-11-15)19(16)25-20(21)24-18/h2-13,17,27H,1H3,(H,23,24,25)/t13-,17+/m0/s1. The molecule has 0 saturated heterocycles. The van der Waals surface area contributed by atoms with Crippen LogP contribution in [0, 0.1) is 0 Å². The van der Waals surface area contributed by atoms with Gasteiger partial charge in [-0.3, -0.25) is 0 Å². The monoisotopic (exact) mass is 379 g/mol. The van der Waals surface area contributed by atoms with Gasteiger partial charge in [0.2, 0.25) is 5.28 Å². The fraction of sp³-hybridized carbons (Fsp3) is 0.150. The van der Waals surface area contributed by atoms with Gasteiger partial charge in [-0.25, -0.2) is 4.68 Å². The normalized spacial score (nSPS) is 13.4. The number of fused-ring (bicyclic) bond motifs is 1.